The molecule has 5 heteroatoms. The highest BCUT2D eigenvalue weighted by Crippen LogP contribution is 2.18. The van der Waals surface area contributed by atoms with Gasteiger partial charge in [0, 0.05) is 11.5 Å². The number of rotatable bonds is 6. The zero-order valence-electron chi connectivity index (χ0n) is 5.59. The van der Waals surface area contributed by atoms with E-state index in [9.17, 15) is 0 Å². The Morgan fingerprint density at radius 1 is 1.33 bits per heavy atom. The first kappa shape index (κ1) is 9.68. The van der Waals surface area contributed by atoms with Crippen molar-refractivity contribution in [2.24, 2.45) is 0 Å². The standard InChI is InChI=1S/C4H12BNOS2/c5-6-1-3-8-9-4-2-7/h6-7H,1-5H2. The molecule has 0 aliphatic heterocycles. The fraction of sp³-hybridized carbons (Fsp3) is 1.00. The van der Waals surface area contributed by atoms with Crippen LogP contribution in [0.25, 0.3) is 0 Å². The quantitative estimate of drug-likeness (QED) is 0.315. The topological polar surface area (TPSA) is 32.3 Å². The van der Waals surface area contributed by atoms with Gasteiger partial charge in [-0.3, -0.25) is 0 Å². The van der Waals surface area contributed by atoms with Crippen LogP contribution in [0.5, 0.6) is 0 Å². The van der Waals surface area contributed by atoms with Gasteiger partial charge in [-0.2, -0.15) is 0 Å². The Hall–Kier alpha value is 0.685. The molecule has 2 N–H and O–H groups in total. The Morgan fingerprint density at radius 3 is 2.56 bits per heavy atom. The smallest absolute Gasteiger partial charge is 0.181 e. The maximum Gasteiger partial charge on any atom is 0.181 e. The van der Waals surface area contributed by atoms with Gasteiger partial charge in [0.15, 0.2) is 7.98 Å². The molecule has 0 aromatic rings. The lowest BCUT2D eigenvalue weighted by atomic mass is 10.4. The summed E-state index contributed by atoms with van der Waals surface area (Å²) in [6, 6.07) is 0. The molecule has 0 aliphatic rings. The molecule has 0 amide bonds. The summed E-state index contributed by atoms with van der Waals surface area (Å²) >= 11 is 0. The fourth-order valence-electron chi connectivity index (χ4n) is 0.299. The normalized spacial score (nSPS) is 9.89. The van der Waals surface area contributed by atoms with Crippen molar-refractivity contribution in [2.45, 2.75) is 0 Å². The first-order valence-corrected chi connectivity index (χ1v) is 5.40. The largest absolute Gasteiger partial charge is 0.395 e. The number of nitrogens with one attached hydrogen (secondary N) is 1. The SMILES string of the molecule is BNCCSSCCO. The first-order chi connectivity index (χ1) is 4.41. The molecule has 0 fully saturated rings. The third kappa shape index (κ3) is 8.68. The third-order valence-corrected chi connectivity index (χ3v) is 3.08. The van der Waals surface area contributed by atoms with Crippen LogP contribution in [0.4, 0.5) is 0 Å². The lowest BCUT2D eigenvalue weighted by molar-refractivity contribution is 0.323. The lowest BCUT2D eigenvalue weighted by Crippen LogP contribution is -2.11. The molecule has 0 radical (unpaired) electrons. The number of aliphatic hydroxyl groups is 1. The summed E-state index contributed by atoms with van der Waals surface area (Å²) in [4.78, 5) is 0. The molecule has 0 saturated carbocycles. The molecule has 9 heavy (non-hydrogen) atoms. The van der Waals surface area contributed by atoms with Crippen molar-refractivity contribution in [3.8, 4) is 0 Å². The van der Waals surface area contributed by atoms with Crippen LogP contribution in [0.1, 0.15) is 0 Å². The molecule has 0 saturated heterocycles. The zero-order chi connectivity index (χ0) is 6.95. The molecule has 0 atom stereocenters. The van der Waals surface area contributed by atoms with Crippen molar-refractivity contribution in [1.82, 2.24) is 5.23 Å². The molecule has 0 aromatic heterocycles. The Morgan fingerprint density at radius 2 is 2.00 bits per heavy atom. The second-order valence-corrected chi connectivity index (χ2v) is 4.17. The summed E-state index contributed by atoms with van der Waals surface area (Å²) in [6.07, 6.45) is 0. The Kier molecular flexibility index (Phi) is 9.35. The van der Waals surface area contributed by atoms with Gasteiger partial charge in [-0.1, -0.05) is 21.6 Å². The van der Waals surface area contributed by atoms with E-state index in [4.69, 9.17) is 5.11 Å². The summed E-state index contributed by atoms with van der Waals surface area (Å²) < 4.78 is 0. The van der Waals surface area contributed by atoms with E-state index >= 15 is 0 Å². The van der Waals surface area contributed by atoms with Gasteiger partial charge in [-0.15, -0.1) is 0 Å². The van der Waals surface area contributed by atoms with E-state index in [0.717, 1.165) is 18.1 Å². The minimum absolute atomic E-state index is 0.289. The monoisotopic (exact) mass is 165 g/mol. The molecule has 54 valence electrons. The van der Waals surface area contributed by atoms with E-state index < -0.39 is 0 Å². The first-order valence-electron chi connectivity index (χ1n) is 2.91. The molecular formula is C4H12BNOS2. The fourth-order valence-corrected chi connectivity index (χ4v) is 2.08. The van der Waals surface area contributed by atoms with Crippen molar-refractivity contribution in [3.63, 3.8) is 0 Å². The minimum Gasteiger partial charge on any atom is -0.395 e. The predicted molar refractivity (Wildman–Crippen MR) is 48.5 cm³/mol. The van der Waals surface area contributed by atoms with E-state index in [2.05, 4.69) is 5.23 Å². The van der Waals surface area contributed by atoms with Gasteiger partial charge >= 0.3 is 0 Å². The van der Waals surface area contributed by atoms with Crippen LogP contribution in [0.2, 0.25) is 0 Å². The van der Waals surface area contributed by atoms with Crippen LogP contribution in [-0.2, 0) is 0 Å². The van der Waals surface area contributed by atoms with Crippen molar-refractivity contribution >= 4 is 29.6 Å². The molecule has 0 unspecified atom stereocenters. The zero-order valence-corrected chi connectivity index (χ0v) is 7.23. The molecule has 0 aromatic carbocycles. The highest BCUT2D eigenvalue weighted by molar-refractivity contribution is 8.76. The van der Waals surface area contributed by atoms with Crippen LogP contribution in [-0.4, -0.2) is 37.7 Å². The van der Waals surface area contributed by atoms with Crippen LogP contribution < -0.4 is 5.23 Å². The minimum atomic E-state index is 0.289. The van der Waals surface area contributed by atoms with Gasteiger partial charge in [0.1, 0.15) is 0 Å². The predicted octanol–water partition coefficient (Wildman–Crippen LogP) is -0.502. The summed E-state index contributed by atoms with van der Waals surface area (Å²) in [5.41, 5.74) is 0. The maximum absolute atomic E-state index is 8.37. The number of hydrogen-bond donors (Lipinski definition) is 2. The van der Waals surface area contributed by atoms with Crippen molar-refractivity contribution < 1.29 is 5.11 Å². The third-order valence-electron chi connectivity index (χ3n) is 0.693. The van der Waals surface area contributed by atoms with E-state index in [-0.39, 0.29) is 6.61 Å². The highest BCUT2D eigenvalue weighted by atomic mass is 33.1. The molecule has 0 heterocycles. The van der Waals surface area contributed by atoms with Gasteiger partial charge in [-0.05, 0) is 6.54 Å². The summed E-state index contributed by atoms with van der Waals surface area (Å²) in [7, 11) is 5.46. The molecule has 0 spiro atoms. The Labute approximate surface area is 65.0 Å². The van der Waals surface area contributed by atoms with Crippen molar-refractivity contribution in [3.05, 3.63) is 0 Å². The summed E-state index contributed by atoms with van der Waals surface area (Å²) in [5.74, 6) is 1.95. The van der Waals surface area contributed by atoms with E-state index in [1.165, 1.54) is 0 Å². The van der Waals surface area contributed by atoms with Crippen LogP contribution in [0.15, 0.2) is 0 Å². The van der Waals surface area contributed by atoms with Gasteiger partial charge < -0.3 is 10.3 Å². The molecular weight excluding hydrogens is 153 g/mol. The average molecular weight is 165 g/mol. The van der Waals surface area contributed by atoms with Gasteiger partial charge in [-0.25, -0.2) is 0 Å². The lowest BCUT2D eigenvalue weighted by Gasteiger charge is -1.96. The Bertz CT molecular complexity index is 51.8. The highest BCUT2D eigenvalue weighted by Gasteiger charge is 1.86. The molecule has 2 nitrogen and oxygen atoms in total. The van der Waals surface area contributed by atoms with Crippen LogP contribution in [0.3, 0.4) is 0 Å². The second kappa shape index (κ2) is 8.68. The van der Waals surface area contributed by atoms with E-state index in [0.29, 0.717) is 0 Å². The summed E-state index contributed by atoms with van der Waals surface area (Å²) in [5, 5.41) is 11.4. The van der Waals surface area contributed by atoms with Crippen molar-refractivity contribution in [1.29, 1.82) is 0 Å². The maximum atomic E-state index is 8.37. The average Bonchev–Trinajstić information content (AvgIpc) is 1.89. The summed E-state index contributed by atoms with van der Waals surface area (Å²) in [6.45, 7) is 1.33. The molecule has 0 rings (SSSR count). The van der Waals surface area contributed by atoms with Gasteiger partial charge in [0.25, 0.3) is 0 Å². The van der Waals surface area contributed by atoms with Gasteiger partial charge in [0.05, 0.1) is 6.61 Å². The number of hydrogen-bond acceptors (Lipinski definition) is 4. The van der Waals surface area contributed by atoms with Crippen LogP contribution >= 0.6 is 21.6 Å². The van der Waals surface area contributed by atoms with E-state index in [1.54, 1.807) is 21.6 Å². The van der Waals surface area contributed by atoms with E-state index in [1.807, 2.05) is 7.98 Å². The molecule has 0 aliphatic carbocycles. The Balaban J connectivity index is 2.60. The van der Waals surface area contributed by atoms with Crippen molar-refractivity contribution in [2.75, 3.05) is 24.7 Å². The van der Waals surface area contributed by atoms with Crippen LogP contribution in [0, 0.1) is 0 Å². The molecule has 0 bridgehead atoms. The second-order valence-electron chi connectivity index (χ2n) is 1.47. The van der Waals surface area contributed by atoms with Gasteiger partial charge in [0.2, 0.25) is 0 Å². The number of aliphatic hydroxyl groups excluding tert-OH is 1.